The van der Waals surface area contributed by atoms with Crippen molar-refractivity contribution in [1.29, 1.82) is 0 Å². The third-order valence-electron chi connectivity index (χ3n) is 6.17. The van der Waals surface area contributed by atoms with E-state index < -0.39 is 0 Å². The molecule has 3 N–H and O–H groups in total. The molecule has 0 spiro atoms. The molecular weight excluding hydrogens is 414 g/mol. The quantitative estimate of drug-likeness (QED) is 0.429. The Morgan fingerprint density at radius 3 is 2.06 bits per heavy atom. The summed E-state index contributed by atoms with van der Waals surface area (Å²) in [5, 5.41) is 2.95. The van der Waals surface area contributed by atoms with Gasteiger partial charge in [-0.3, -0.25) is 14.6 Å². The zero-order valence-corrected chi connectivity index (χ0v) is 18.3. The van der Waals surface area contributed by atoms with Crippen LogP contribution in [0.2, 0.25) is 0 Å². The smallest absolute Gasteiger partial charge is 0.323 e. The van der Waals surface area contributed by atoms with E-state index in [0.717, 1.165) is 31.7 Å². The van der Waals surface area contributed by atoms with Gasteiger partial charge in [-0.05, 0) is 29.3 Å². The molecule has 7 heteroatoms. The average molecular weight is 442 g/mol. The SMILES string of the molecule is O=C(CN1CCN(C(c2ccccc2)c2ccccc2)CC1)Nc1ccc2[nH]c(=O)[nH]c2c1. The number of fused-ring (bicyclic) bond motifs is 1. The second kappa shape index (κ2) is 9.44. The van der Waals surface area contributed by atoms with E-state index in [2.05, 4.69) is 73.6 Å². The lowest BCUT2D eigenvalue weighted by molar-refractivity contribution is -0.117. The topological polar surface area (TPSA) is 84.2 Å². The first-order valence-corrected chi connectivity index (χ1v) is 11.2. The molecule has 0 bridgehead atoms. The van der Waals surface area contributed by atoms with Crippen molar-refractivity contribution in [3.63, 3.8) is 0 Å². The predicted molar refractivity (Wildman–Crippen MR) is 130 cm³/mol. The van der Waals surface area contributed by atoms with Crippen molar-refractivity contribution >= 4 is 22.6 Å². The third-order valence-corrected chi connectivity index (χ3v) is 6.17. The summed E-state index contributed by atoms with van der Waals surface area (Å²) in [5.74, 6) is -0.0525. The van der Waals surface area contributed by atoms with Gasteiger partial charge < -0.3 is 15.3 Å². The molecule has 33 heavy (non-hydrogen) atoms. The normalized spacial score (nSPS) is 15.2. The Bertz CT molecular complexity index is 1230. The molecular formula is C26H27N5O2. The fourth-order valence-electron chi connectivity index (χ4n) is 4.58. The van der Waals surface area contributed by atoms with Crippen LogP contribution in [0.25, 0.3) is 11.0 Å². The minimum atomic E-state index is -0.254. The van der Waals surface area contributed by atoms with Gasteiger partial charge in [0.2, 0.25) is 5.91 Å². The summed E-state index contributed by atoms with van der Waals surface area (Å²) in [4.78, 5) is 34.2. The molecule has 1 aliphatic heterocycles. The highest BCUT2D eigenvalue weighted by Gasteiger charge is 2.27. The number of nitrogens with one attached hydrogen (secondary N) is 3. The maximum absolute atomic E-state index is 12.6. The molecule has 1 aliphatic rings. The number of rotatable bonds is 6. The Morgan fingerprint density at radius 2 is 1.42 bits per heavy atom. The molecule has 3 aromatic carbocycles. The molecule has 1 saturated heterocycles. The highest BCUT2D eigenvalue weighted by Crippen LogP contribution is 2.29. The van der Waals surface area contributed by atoms with Crippen LogP contribution in [0.4, 0.5) is 5.69 Å². The zero-order chi connectivity index (χ0) is 22.6. The van der Waals surface area contributed by atoms with Crippen LogP contribution in [0.1, 0.15) is 17.2 Å². The highest BCUT2D eigenvalue weighted by molar-refractivity contribution is 5.94. The number of hydrogen-bond acceptors (Lipinski definition) is 4. The number of anilines is 1. The average Bonchev–Trinajstić information content (AvgIpc) is 3.21. The van der Waals surface area contributed by atoms with Crippen LogP contribution < -0.4 is 11.0 Å². The van der Waals surface area contributed by atoms with Crippen LogP contribution in [0.3, 0.4) is 0 Å². The predicted octanol–water partition coefficient (Wildman–Crippen LogP) is 3.20. The van der Waals surface area contributed by atoms with Crippen molar-refractivity contribution in [3.8, 4) is 0 Å². The van der Waals surface area contributed by atoms with Gasteiger partial charge in [0, 0.05) is 31.9 Å². The van der Waals surface area contributed by atoms with Gasteiger partial charge >= 0.3 is 5.69 Å². The summed E-state index contributed by atoms with van der Waals surface area (Å²) >= 11 is 0. The van der Waals surface area contributed by atoms with Crippen LogP contribution in [0.5, 0.6) is 0 Å². The van der Waals surface area contributed by atoms with Crippen LogP contribution in [0.15, 0.2) is 83.7 Å². The zero-order valence-electron chi connectivity index (χ0n) is 18.3. The molecule has 0 unspecified atom stereocenters. The van der Waals surface area contributed by atoms with Crippen molar-refractivity contribution in [1.82, 2.24) is 19.8 Å². The molecule has 4 aromatic rings. The first-order valence-electron chi connectivity index (χ1n) is 11.2. The lowest BCUT2D eigenvalue weighted by Gasteiger charge is -2.39. The number of carbonyl (C=O) groups is 1. The molecule has 1 fully saturated rings. The van der Waals surface area contributed by atoms with Gasteiger partial charge in [-0.2, -0.15) is 0 Å². The fraction of sp³-hybridized carbons (Fsp3) is 0.231. The number of hydrogen-bond donors (Lipinski definition) is 3. The minimum Gasteiger partial charge on any atom is -0.325 e. The number of aromatic nitrogens is 2. The van der Waals surface area contributed by atoms with Gasteiger partial charge in [0.1, 0.15) is 0 Å². The highest BCUT2D eigenvalue weighted by atomic mass is 16.2. The van der Waals surface area contributed by atoms with E-state index in [-0.39, 0.29) is 17.6 Å². The van der Waals surface area contributed by atoms with E-state index in [4.69, 9.17) is 0 Å². The standard InChI is InChI=1S/C26H27N5O2/c32-24(27-21-11-12-22-23(17-21)29-26(33)28-22)18-30-13-15-31(16-14-30)25(19-7-3-1-4-8-19)20-9-5-2-6-10-20/h1-12,17,25H,13-16,18H2,(H,27,32)(H2,28,29,33). The summed E-state index contributed by atoms with van der Waals surface area (Å²) in [5.41, 5.74) is 4.39. The van der Waals surface area contributed by atoms with Crippen molar-refractivity contribution in [2.24, 2.45) is 0 Å². The van der Waals surface area contributed by atoms with Gasteiger partial charge in [0.25, 0.3) is 0 Å². The molecule has 0 radical (unpaired) electrons. The molecule has 0 atom stereocenters. The maximum atomic E-state index is 12.6. The van der Waals surface area contributed by atoms with Crippen LogP contribution in [-0.2, 0) is 4.79 Å². The molecule has 5 rings (SSSR count). The molecule has 0 aliphatic carbocycles. The molecule has 1 aromatic heterocycles. The Labute approximate surface area is 192 Å². The number of piperazine rings is 1. The van der Waals surface area contributed by atoms with Crippen LogP contribution >= 0.6 is 0 Å². The monoisotopic (exact) mass is 441 g/mol. The number of H-pyrrole nitrogens is 2. The number of aromatic amines is 2. The molecule has 0 saturated carbocycles. The molecule has 1 amide bonds. The van der Waals surface area contributed by atoms with E-state index in [1.807, 2.05) is 12.1 Å². The van der Waals surface area contributed by atoms with Gasteiger partial charge in [-0.1, -0.05) is 60.7 Å². The van der Waals surface area contributed by atoms with E-state index in [0.29, 0.717) is 17.7 Å². The Hall–Kier alpha value is -3.68. The van der Waals surface area contributed by atoms with E-state index in [9.17, 15) is 9.59 Å². The number of nitrogens with zero attached hydrogens (tertiary/aromatic N) is 2. The number of amides is 1. The van der Waals surface area contributed by atoms with Crippen molar-refractivity contribution in [2.45, 2.75) is 6.04 Å². The van der Waals surface area contributed by atoms with Crippen LogP contribution in [0, 0.1) is 0 Å². The Balaban J connectivity index is 1.21. The van der Waals surface area contributed by atoms with Gasteiger partial charge in [0.15, 0.2) is 0 Å². The lowest BCUT2D eigenvalue weighted by Crippen LogP contribution is -2.49. The summed E-state index contributed by atoms with van der Waals surface area (Å²) in [6.45, 7) is 3.77. The summed E-state index contributed by atoms with van der Waals surface area (Å²) < 4.78 is 0. The summed E-state index contributed by atoms with van der Waals surface area (Å²) in [7, 11) is 0. The van der Waals surface area contributed by atoms with Gasteiger partial charge in [-0.15, -0.1) is 0 Å². The van der Waals surface area contributed by atoms with E-state index in [1.54, 1.807) is 18.2 Å². The minimum absolute atomic E-state index is 0.0525. The molecule has 2 heterocycles. The van der Waals surface area contributed by atoms with E-state index in [1.165, 1.54) is 11.1 Å². The Kier molecular flexibility index (Phi) is 6.06. The first-order chi connectivity index (χ1) is 16.2. The van der Waals surface area contributed by atoms with Gasteiger partial charge in [0.05, 0.1) is 23.6 Å². The Morgan fingerprint density at radius 1 is 0.818 bits per heavy atom. The largest absolute Gasteiger partial charge is 0.325 e. The second-order valence-corrected chi connectivity index (χ2v) is 8.42. The lowest BCUT2D eigenvalue weighted by atomic mass is 9.96. The first kappa shape index (κ1) is 21.2. The number of benzene rings is 3. The third kappa shape index (κ3) is 4.89. The molecule has 168 valence electrons. The van der Waals surface area contributed by atoms with Gasteiger partial charge in [-0.25, -0.2) is 4.79 Å². The van der Waals surface area contributed by atoms with Crippen molar-refractivity contribution < 1.29 is 4.79 Å². The molecule has 7 nitrogen and oxygen atoms in total. The second-order valence-electron chi connectivity index (χ2n) is 8.42. The summed E-state index contributed by atoms with van der Waals surface area (Å²) in [6.07, 6.45) is 0. The summed E-state index contributed by atoms with van der Waals surface area (Å²) in [6, 6.07) is 26.8. The van der Waals surface area contributed by atoms with Crippen molar-refractivity contribution in [3.05, 3.63) is 100 Å². The number of carbonyl (C=O) groups excluding carboxylic acids is 1. The maximum Gasteiger partial charge on any atom is 0.323 e. The number of imidazole rings is 1. The van der Waals surface area contributed by atoms with E-state index >= 15 is 0 Å². The fourth-order valence-corrected chi connectivity index (χ4v) is 4.58. The van der Waals surface area contributed by atoms with Crippen molar-refractivity contribution in [2.75, 3.05) is 38.0 Å². The van der Waals surface area contributed by atoms with Crippen LogP contribution in [-0.4, -0.2) is 58.4 Å².